The summed E-state index contributed by atoms with van der Waals surface area (Å²) in [7, 11) is 1.34. The molecule has 1 amide bonds. The van der Waals surface area contributed by atoms with E-state index in [1.165, 1.54) is 24.0 Å². The molecule has 2 aromatic heterocycles. The van der Waals surface area contributed by atoms with Crippen molar-refractivity contribution in [3.63, 3.8) is 0 Å². The molecule has 142 valence electrons. The fourth-order valence-corrected chi connectivity index (χ4v) is 4.28. The van der Waals surface area contributed by atoms with E-state index in [9.17, 15) is 9.59 Å². The smallest absolute Gasteiger partial charge is 0.325 e. The summed E-state index contributed by atoms with van der Waals surface area (Å²) in [6, 6.07) is 6.14. The number of thiazole rings is 1. The molecule has 3 rings (SSSR count). The number of esters is 1. The molecule has 0 bridgehead atoms. The molecule has 0 unspecified atom stereocenters. The van der Waals surface area contributed by atoms with Gasteiger partial charge in [-0.3, -0.25) is 9.59 Å². The van der Waals surface area contributed by atoms with Gasteiger partial charge in [0.05, 0.1) is 23.0 Å². The van der Waals surface area contributed by atoms with Crippen LogP contribution < -0.4 is 4.80 Å². The lowest BCUT2D eigenvalue weighted by molar-refractivity contribution is -0.141. The highest BCUT2D eigenvalue weighted by Gasteiger charge is 2.15. The molecular weight excluding hydrogens is 384 g/mol. The first-order valence-corrected chi connectivity index (χ1v) is 10.2. The predicted molar refractivity (Wildman–Crippen MR) is 105 cm³/mol. The van der Waals surface area contributed by atoms with E-state index in [1.807, 2.05) is 6.07 Å². The van der Waals surface area contributed by atoms with Crippen molar-refractivity contribution in [1.29, 1.82) is 0 Å². The van der Waals surface area contributed by atoms with E-state index in [-0.39, 0.29) is 6.54 Å². The van der Waals surface area contributed by atoms with Gasteiger partial charge in [0.2, 0.25) is 0 Å². The number of benzene rings is 1. The molecule has 0 aliphatic rings. The van der Waals surface area contributed by atoms with Crippen LogP contribution in [0.25, 0.3) is 10.2 Å². The number of carbonyl (C=O) groups excluding carboxylic acids is 2. The van der Waals surface area contributed by atoms with Gasteiger partial charge in [-0.15, -0.1) is 5.10 Å². The van der Waals surface area contributed by atoms with Crippen LogP contribution in [0.1, 0.15) is 40.7 Å². The lowest BCUT2D eigenvalue weighted by Crippen LogP contribution is -2.22. The summed E-state index contributed by atoms with van der Waals surface area (Å²) in [5.41, 5.74) is 2.64. The average Bonchev–Trinajstić information content (AvgIpc) is 3.23. The van der Waals surface area contributed by atoms with Gasteiger partial charge in [-0.1, -0.05) is 35.2 Å². The monoisotopic (exact) mass is 404 g/mol. The van der Waals surface area contributed by atoms with Crippen LogP contribution in [0.2, 0.25) is 0 Å². The number of carbonyl (C=O) groups is 2. The van der Waals surface area contributed by atoms with Crippen LogP contribution >= 0.6 is 22.9 Å². The molecule has 0 atom stereocenters. The Balaban J connectivity index is 2.09. The minimum atomic E-state index is -0.404. The fourth-order valence-electron chi connectivity index (χ4n) is 2.65. The van der Waals surface area contributed by atoms with Crippen molar-refractivity contribution < 1.29 is 14.3 Å². The number of nitrogens with zero attached hydrogens (tertiary/aromatic N) is 4. The van der Waals surface area contributed by atoms with Gasteiger partial charge in [-0.05, 0) is 49.0 Å². The first-order chi connectivity index (χ1) is 13.0. The number of amides is 1. The zero-order valence-electron chi connectivity index (χ0n) is 15.4. The molecule has 0 fully saturated rings. The van der Waals surface area contributed by atoms with Crippen molar-refractivity contribution in [2.24, 2.45) is 4.99 Å². The van der Waals surface area contributed by atoms with Crippen LogP contribution in [0, 0.1) is 6.92 Å². The second-order valence-electron chi connectivity index (χ2n) is 6.06. The van der Waals surface area contributed by atoms with Crippen LogP contribution in [0.3, 0.4) is 0 Å². The molecule has 0 N–H and O–H groups in total. The molecule has 0 aliphatic heterocycles. The largest absolute Gasteiger partial charge is 0.468 e. The third kappa shape index (κ3) is 4.30. The summed E-state index contributed by atoms with van der Waals surface area (Å²) in [6.45, 7) is 3.88. The van der Waals surface area contributed by atoms with Crippen LogP contribution in [-0.4, -0.2) is 33.1 Å². The third-order valence-corrected chi connectivity index (χ3v) is 5.98. The molecule has 1 aromatic carbocycles. The minimum Gasteiger partial charge on any atom is -0.468 e. The molecule has 27 heavy (non-hydrogen) atoms. The van der Waals surface area contributed by atoms with Gasteiger partial charge >= 0.3 is 5.97 Å². The molecule has 9 heteroatoms. The Morgan fingerprint density at radius 2 is 2.15 bits per heavy atom. The molecule has 0 aliphatic carbocycles. The first-order valence-electron chi connectivity index (χ1n) is 8.60. The topological polar surface area (TPSA) is 86.4 Å². The lowest BCUT2D eigenvalue weighted by atomic mass is 10.1. The van der Waals surface area contributed by atoms with Gasteiger partial charge in [0.1, 0.15) is 11.4 Å². The molecular formula is C18H20N4O3S2. The zero-order chi connectivity index (χ0) is 19.4. The van der Waals surface area contributed by atoms with Gasteiger partial charge in [-0.25, -0.2) is 0 Å². The summed E-state index contributed by atoms with van der Waals surface area (Å²) < 4.78 is 11.3. The number of methoxy groups -OCH3 is 1. The number of aromatic nitrogens is 3. The number of aryl methyl sites for hydroxylation is 2. The van der Waals surface area contributed by atoms with Gasteiger partial charge in [0.15, 0.2) is 4.80 Å². The number of hydrogen-bond acceptors (Lipinski definition) is 7. The van der Waals surface area contributed by atoms with Crippen molar-refractivity contribution in [3.05, 3.63) is 39.1 Å². The van der Waals surface area contributed by atoms with Crippen LogP contribution in [0.15, 0.2) is 23.2 Å². The van der Waals surface area contributed by atoms with E-state index in [4.69, 9.17) is 4.74 Å². The van der Waals surface area contributed by atoms with Gasteiger partial charge in [-0.2, -0.15) is 4.99 Å². The molecule has 7 nitrogen and oxygen atoms in total. The lowest BCUT2D eigenvalue weighted by Gasteiger charge is -2.04. The molecule has 3 aromatic rings. The van der Waals surface area contributed by atoms with Crippen molar-refractivity contribution in [1.82, 2.24) is 14.2 Å². The van der Waals surface area contributed by atoms with Gasteiger partial charge < -0.3 is 9.30 Å². The summed E-state index contributed by atoms with van der Waals surface area (Å²) in [5.74, 6) is -0.798. The summed E-state index contributed by atoms with van der Waals surface area (Å²) in [4.78, 5) is 29.5. The SMILES string of the molecule is CCCCc1ccc2c(c1)sc(=NC(=O)c1snnc1C)n2CC(=O)OC. The van der Waals surface area contributed by atoms with E-state index < -0.39 is 11.9 Å². The number of unbranched alkanes of at least 4 members (excludes halogenated alkanes) is 1. The fraction of sp³-hybridized carbons (Fsp3) is 0.389. The minimum absolute atomic E-state index is 0.00313. The maximum atomic E-state index is 12.5. The third-order valence-electron chi connectivity index (χ3n) is 4.12. The molecule has 2 heterocycles. The van der Waals surface area contributed by atoms with Gasteiger partial charge in [0.25, 0.3) is 5.91 Å². The number of hydrogen-bond donors (Lipinski definition) is 0. The van der Waals surface area contributed by atoms with Crippen molar-refractivity contribution in [2.45, 2.75) is 39.7 Å². The Bertz CT molecular complexity index is 1050. The number of fused-ring (bicyclic) bond motifs is 1. The highest BCUT2D eigenvalue weighted by molar-refractivity contribution is 7.16. The quantitative estimate of drug-likeness (QED) is 0.589. The highest BCUT2D eigenvalue weighted by atomic mass is 32.1. The Labute approximate surface area is 164 Å². The standard InChI is InChI=1S/C18H20N4O3S2/c1-4-5-6-12-7-8-13-14(9-12)26-18(22(13)10-15(23)25-3)19-17(24)16-11(2)20-21-27-16/h7-9H,4-6,10H2,1-3H3. The maximum Gasteiger partial charge on any atom is 0.325 e. The Morgan fingerprint density at radius 1 is 1.33 bits per heavy atom. The predicted octanol–water partition coefficient (Wildman–Crippen LogP) is 3.12. The zero-order valence-corrected chi connectivity index (χ0v) is 17.0. The molecule has 0 radical (unpaired) electrons. The molecule has 0 spiro atoms. The summed E-state index contributed by atoms with van der Waals surface area (Å²) >= 11 is 2.41. The van der Waals surface area contributed by atoms with Crippen molar-refractivity contribution in [3.8, 4) is 0 Å². The number of ether oxygens (including phenoxy) is 1. The number of rotatable bonds is 6. The Hall–Kier alpha value is -2.39. The summed E-state index contributed by atoms with van der Waals surface area (Å²) in [6.07, 6.45) is 3.24. The first kappa shape index (κ1) is 19.4. The van der Waals surface area contributed by atoms with E-state index in [2.05, 4.69) is 33.6 Å². The Kier molecular flexibility index (Phi) is 6.12. The Morgan fingerprint density at radius 3 is 2.81 bits per heavy atom. The van der Waals surface area contributed by atoms with Gasteiger partial charge in [0, 0.05) is 0 Å². The second kappa shape index (κ2) is 8.53. The van der Waals surface area contributed by atoms with Crippen LogP contribution in [-0.2, 0) is 22.5 Å². The normalized spacial score (nSPS) is 11.9. The van der Waals surface area contributed by atoms with E-state index in [1.54, 1.807) is 11.5 Å². The van der Waals surface area contributed by atoms with E-state index in [0.29, 0.717) is 15.4 Å². The van der Waals surface area contributed by atoms with Crippen LogP contribution in [0.5, 0.6) is 0 Å². The maximum absolute atomic E-state index is 12.5. The van der Waals surface area contributed by atoms with E-state index >= 15 is 0 Å². The molecule has 0 saturated carbocycles. The van der Waals surface area contributed by atoms with Crippen molar-refractivity contribution >= 4 is 45.0 Å². The van der Waals surface area contributed by atoms with Crippen molar-refractivity contribution in [2.75, 3.05) is 7.11 Å². The second-order valence-corrected chi connectivity index (χ2v) is 7.82. The average molecular weight is 405 g/mol. The molecule has 0 saturated heterocycles. The van der Waals surface area contributed by atoms with Crippen LogP contribution in [0.4, 0.5) is 0 Å². The highest BCUT2D eigenvalue weighted by Crippen LogP contribution is 2.21. The van der Waals surface area contributed by atoms with E-state index in [0.717, 1.165) is 41.0 Å². The summed E-state index contributed by atoms with van der Waals surface area (Å²) in [5, 5.41) is 3.86.